The van der Waals surface area contributed by atoms with Gasteiger partial charge in [0.15, 0.2) is 0 Å². The fourth-order valence-electron chi connectivity index (χ4n) is 3.16. The molecule has 140 valence electrons. The molecule has 0 saturated carbocycles. The summed E-state index contributed by atoms with van der Waals surface area (Å²) in [6, 6.07) is -0.0519. The van der Waals surface area contributed by atoms with Crippen LogP contribution >= 0.6 is 0 Å². The molecule has 0 spiro atoms. The number of carbonyl (C=O) groups excluding carboxylic acids is 1. The third-order valence-electron chi connectivity index (χ3n) is 5.21. The molecule has 1 aliphatic heterocycles. The number of nitrogens with one attached hydrogen (secondary N) is 1. The van der Waals surface area contributed by atoms with Gasteiger partial charge in [-0.15, -0.1) is 0 Å². The Bertz CT molecular complexity index is 404. The molecule has 1 atom stereocenters. The summed E-state index contributed by atoms with van der Waals surface area (Å²) in [6.07, 6.45) is 2.99. The van der Waals surface area contributed by atoms with Gasteiger partial charge in [0.2, 0.25) is 0 Å². The zero-order chi connectivity index (χ0) is 18.2. The Morgan fingerprint density at radius 1 is 1.29 bits per heavy atom. The summed E-state index contributed by atoms with van der Waals surface area (Å²) in [5.74, 6) is -0.863. The molecule has 1 saturated heterocycles. The lowest BCUT2D eigenvalue weighted by Crippen LogP contribution is -2.53. The molecule has 0 radical (unpaired) electrons. The zero-order valence-corrected chi connectivity index (χ0v) is 15.5. The van der Waals surface area contributed by atoms with Crippen molar-refractivity contribution in [3.8, 4) is 0 Å². The van der Waals surface area contributed by atoms with Gasteiger partial charge in [0, 0.05) is 26.2 Å². The topological polar surface area (TPSA) is 82.1 Å². The summed E-state index contributed by atoms with van der Waals surface area (Å²) in [6.45, 7) is 9.22. The molecular weight excluding hydrogens is 310 g/mol. The van der Waals surface area contributed by atoms with Gasteiger partial charge in [0.05, 0.1) is 19.3 Å². The Morgan fingerprint density at radius 3 is 2.46 bits per heavy atom. The van der Waals surface area contributed by atoms with E-state index in [1.165, 1.54) is 0 Å². The van der Waals surface area contributed by atoms with Crippen LogP contribution in [-0.2, 0) is 9.53 Å². The summed E-state index contributed by atoms with van der Waals surface area (Å²) in [5, 5.41) is 11.9. The van der Waals surface area contributed by atoms with E-state index in [9.17, 15) is 9.59 Å². The number of carboxylic acids is 1. The van der Waals surface area contributed by atoms with Gasteiger partial charge in [0.1, 0.15) is 0 Å². The van der Waals surface area contributed by atoms with Crippen LogP contribution in [-0.4, -0.2) is 79.4 Å². The average Bonchev–Trinajstić information content (AvgIpc) is 2.56. The lowest BCUT2D eigenvalue weighted by Gasteiger charge is -2.36. The number of hydrogen-bond acceptors (Lipinski definition) is 4. The molecule has 2 N–H and O–H groups in total. The average molecular weight is 343 g/mol. The molecule has 0 bridgehead atoms. The molecule has 0 aromatic carbocycles. The first-order valence-corrected chi connectivity index (χ1v) is 8.90. The highest BCUT2D eigenvalue weighted by molar-refractivity contribution is 5.74. The number of nitrogens with zero attached hydrogens (tertiary/aromatic N) is 2. The lowest BCUT2D eigenvalue weighted by molar-refractivity contribution is -0.138. The molecule has 1 heterocycles. The quantitative estimate of drug-likeness (QED) is 0.665. The largest absolute Gasteiger partial charge is 0.480 e. The van der Waals surface area contributed by atoms with Gasteiger partial charge in [0.25, 0.3) is 0 Å². The second kappa shape index (κ2) is 9.84. The van der Waals surface area contributed by atoms with Crippen LogP contribution in [0, 0.1) is 5.41 Å². The van der Waals surface area contributed by atoms with Crippen LogP contribution in [0.4, 0.5) is 4.79 Å². The van der Waals surface area contributed by atoms with Crippen molar-refractivity contribution >= 4 is 12.0 Å². The summed E-state index contributed by atoms with van der Waals surface area (Å²) in [7, 11) is 1.74. The van der Waals surface area contributed by atoms with Gasteiger partial charge >= 0.3 is 12.0 Å². The molecule has 0 aliphatic carbocycles. The van der Waals surface area contributed by atoms with Crippen LogP contribution < -0.4 is 5.32 Å². The van der Waals surface area contributed by atoms with Gasteiger partial charge in [-0.1, -0.05) is 20.8 Å². The second-order valence-corrected chi connectivity index (χ2v) is 6.75. The van der Waals surface area contributed by atoms with E-state index in [1.54, 1.807) is 16.8 Å². The maximum absolute atomic E-state index is 12.5. The van der Waals surface area contributed by atoms with Gasteiger partial charge in [-0.05, 0) is 31.7 Å². The van der Waals surface area contributed by atoms with E-state index in [1.807, 2.05) is 0 Å². The molecule has 1 rings (SSSR count). The number of urea groups is 1. The molecule has 1 aliphatic rings. The van der Waals surface area contributed by atoms with Gasteiger partial charge in [-0.25, -0.2) is 4.79 Å². The fourth-order valence-corrected chi connectivity index (χ4v) is 3.16. The van der Waals surface area contributed by atoms with Crippen LogP contribution in [0.1, 0.15) is 40.0 Å². The molecule has 7 nitrogen and oxygen atoms in total. The van der Waals surface area contributed by atoms with Crippen molar-refractivity contribution in [2.45, 2.75) is 46.1 Å². The Morgan fingerprint density at radius 2 is 1.92 bits per heavy atom. The van der Waals surface area contributed by atoms with Crippen LogP contribution in [0.5, 0.6) is 0 Å². The van der Waals surface area contributed by atoms with Gasteiger partial charge in [-0.2, -0.15) is 0 Å². The predicted molar refractivity (Wildman–Crippen MR) is 93.2 cm³/mol. The summed E-state index contributed by atoms with van der Waals surface area (Å²) in [4.78, 5) is 26.7. The van der Waals surface area contributed by atoms with E-state index in [-0.39, 0.29) is 24.1 Å². The first kappa shape index (κ1) is 20.7. The van der Waals surface area contributed by atoms with E-state index >= 15 is 0 Å². The van der Waals surface area contributed by atoms with Crippen LogP contribution in [0.3, 0.4) is 0 Å². The van der Waals surface area contributed by atoms with Crippen LogP contribution in [0.2, 0.25) is 0 Å². The summed E-state index contributed by atoms with van der Waals surface area (Å²) in [5.41, 5.74) is 0.170. The van der Waals surface area contributed by atoms with E-state index in [0.29, 0.717) is 32.8 Å². The second-order valence-electron chi connectivity index (χ2n) is 6.75. The van der Waals surface area contributed by atoms with Crippen molar-refractivity contribution in [3.63, 3.8) is 0 Å². The molecule has 0 aromatic rings. The predicted octanol–water partition coefficient (Wildman–Crippen LogP) is 1.63. The highest BCUT2D eigenvalue weighted by atomic mass is 16.5. The van der Waals surface area contributed by atoms with Crippen molar-refractivity contribution in [2.75, 3.05) is 46.4 Å². The number of aliphatic carboxylic acids is 1. The van der Waals surface area contributed by atoms with E-state index in [0.717, 1.165) is 19.3 Å². The molecule has 2 amide bonds. The highest BCUT2D eigenvalue weighted by Gasteiger charge is 2.28. The number of likely N-dealkylation sites (N-methyl/N-ethyl adjacent to an activating group) is 1. The lowest BCUT2D eigenvalue weighted by atomic mass is 9.80. The van der Waals surface area contributed by atoms with Crippen molar-refractivity contribution in [1.29, 1.82) is 0 Å². The number of rotatable bonds is 9. The zero-order valence-electron chi connectivity index (χ0n) is 15.5. The third kappa shape index (κ3) is 6.28. The first-order chi connectivity index (χ1) is 11.4. The van der Waals surface area contributed by atoms with Crippen molar-refractivity contribution < 1.29 is 19.4 Å². The third-order valence-corrected chi connectivity index (χ3v) is 5.21. The maximum atomic E-state index is 12.5. The number of carbonyl (C=O) groups is 2. The first-order valence-electron chi connectivity index (χ1n) is 8.90. The Kier molecular flexibility index (Phi) is 8.48. The van der Waals surface area contributed by atoms with Crippen molar-refractivity contribution in [2.24, 2.45) is 5.41 Å². The molecule has 24 heavy (non-hydrogen) atoms. The van der Waals surface area contributed by atoms with E-state index in [2.05, 4.69) is 26.1 Å². The number of morpholine rings is 1. The standard InChI is InChI=1S/C17H33N3O4/c1-5-17(6-2,7-3)13-18-16(23)20-8-9-24-14(11-20)10-19(4)12-15(21)22/h14H,5-13H2,1-4H3,(H,18,23)(H,21,22). The van der Waals surface area contributed by atoms with E-state index in [4.69, 9.17) is 9.84 Å². The van der Waals surface area contributed by atoms with Crippen LogP contribution in [0.25, 0.3) is 0 Å². The van der Waals surface area contributed by atoms with Gasteiger partial charge < -0.3 is 20.1 Å². The van der Waals surface area contributed by atoms with E-state index < -0.39 is 5.97 Å². The van der Waals surface area contributed by atoms with Crippen molar-refractivity contribution in [3.05, 3.63) is 0 Å². The molecule has 1 unspecified atom stereocenters. The highest BCUT2D eigenvalue weighted by Crippen LogP contribution is 2.29. The molecule has 1 fully saturated rings. The number of amides is 2. The van der Waals surface area contributed by atoms with Crippen molar-refractivity contribution in [1.82, 2.24) is 15.1 Å². The minimum absolute atomic E-state index is 0.0297. The Labute approximate surface area is 145 Å². The molecular formula is C17H33N3O4. The number of ether oxygens (including phenoxy) is 1. The fraction of sp³-hybridized carbons (Fsp3) is 0.882. The molecule has 7 heteroatoms. The summed E-state index contributed by atoms with van der Waals surface area (Å²) < 4.78 is 5.66. The smallest absolute Gasteiger partial charge is 0.317 e. The monoisotopic (exact) mass is 343 g/mol. The Hall–Kier alpha value is -1.34. The van der Waals surface area contributed by atoms with Crippen LogP contribution in [0.15, 0.2) is 0 Å². The minimum Gasteiger partial charge on any atom is -0.480 e. The minimum atomic E-state index is -0.863. The van der Waals surface area contributed by atoms with Gasteiger partial charge in [-0.3, -0.25) is 9.69 Å². The number of hydrogen-bond donors (Lipinski definition) is 2. The maximum Gasteiger partial charge on any atom is 0.317 e. The Balaban J connectivity index is 2.48. The molecule has 0 aromatic heterocycles. The summed E-state index contributed by atoms with van der Waals surface area (Å²) >= 11 is 0. The number of carboxylic acid groups (broad SMARTS) is 1. The normalized spacial score (nSPS) is 18.7. The SMILES string of the molecule is CCC(CC)(CC)CNC(=O)N1CCOC(CN(C)CC(=O)O)C1.